The molecule has 8 heteroatoms. The van der Waals surface area contributed by atoms with Gasteiger partial charge in [0.05, 0.1) is 37.8 Å². The zero-order valence-corrected chi connectivity index (χ0v) is 22.2. The monoisotopic (exact) mass is 482 g/mol. The molecule has 0 bridgehead atoms. The second-order valence-corrected chi connectivity index (χ2v) is 7.97. The van der Waals surface area contributed by atoms with Crippen molar-refractivity contribution in [1.82, 2.24) is 0 Å². The van der Waals surface area contributed by atoms with Gasteiger partial charge in [-0.15, -0.1) is 0 Å². The standard InChI is InChI=1S/C5H6O3.3C5H8O.2C3H6O/c1-3-2-4(6)8-5(3)7;2*1-4(2)5(3)6;1-3-4-5(2)6;2*1-3-2-4-3/h3H,2H2,1H3;2*1H2,2-3H3;3-4H,1-2H3;2*3H,2H2,1H3/b;;;4-3+;;. The fraction of sp³-hybridized carbons (Fsp3) is 0.577. The highest BCUT2D eigenvalue weighted by molar-refractivity contribution is 5.94. The van der Waals surface area contributed by atoms with Crippen LogP contribution in [0.3, 0.4) is 0 Å². The van der Waals surface area contributed by atoms with Gasteiger partial charge in [0.25, 0.3) is 0 Å². The maximum absolute atomic E-state index is 10.3. The Bertz CT molecular complexity index is 667. The number of carbonyl (C=O) groups is 5. The van der Waals surface area contributed by atoms with E-state index in [1.807, 2.05) is 6.92 Å². The number of Topliss-reactive ketones (excluding diaryl/α,β-unsaturated/α-hetero) is 2. The molecule has 0 N–H and O–H groups in total. The van der Waals surface area contributed by atoms with Crippen LogP contribution < -0.4 is 0 Å². The fourth-order valence-electron chi connectivity index (χ4n) is 1.01. The smallest absolute Gasteiger partial charge is 0.316 e. The van der Waals surface area contributed by atoms with Crippen LogP contribution in [-0.4, -0.2) is 54.7 Å². The first-order valence-electron chi connectivity index (χ1n) is 11.0. The zero-order chi connectivity index (χ0) is 27.4. The molecule has 3 saturated heterocycles. The van der Waals surface area contributed by atoms with Crippen molar-refractivity contribution in [3.8, 4) is 0 Å². The average molecular weight is 483 g/mol. The largest absolute Gasteiger partial charge is 0.393 e. The summed E-state index contributed by atoms with van der Waals surface area (Å²) in [6.07, 6.45) is 4.67. The number of epoxide rings is 2. The summed E-state index contributed by atoms with van der Waals surface area (Å²) < 4.78 is 13.6. The molecule has 3 aliphatic heterocycles. The summed E-state index contributed by atoms with van der Waals surface area (Å²) in [6.45, 7) is 24.3. The molecule has 8 nitrogen and oxygen atoms in total. The van der Waals surface area contributed by atoms with E-state index in [2.05, 4.69) is 31.7 Å². The van der Waals surface area contributed by atoms with Crippen molar-refractivity contribution in [2.75, 3.05) is 13.2 Å². The van der Waals surface area contributed by atoms with Gasteiger partial charge >= 0.3 is 11.9 Å². The molecule has 3 unspecified atom stereocenters. The van der Waals surface area contributed by atoms with Gasteiger partial charge in [0.15, 0.2) is 17.3 Å². The molecule has 0 aromatic carbocycles. The SMILES string of the molecule is C/C=C/C(C)=O.C=C(C)C(C)=O.C=C(C)C(C)=O.CC1CC(=O)OC1=O.CC1CO1.CC1CO1. The summed E-state index contributed by atoms with van der Waals surface area (Å²) in [6, 6.07) is 0. The second kappa shape index (κ2) is 20.9. The number of hydrogen-bond donors (Lipinski definition) is 0. The van der Waals surface area contributed by atoms with Crippen molar-refractivity contribution < 1.29 is 38.2 Å². The van der Waals surface area contributed by atoms with Gasteiger partial charge < -0.3 is 14.2 Å². The van der Waals surface area contributed by atoms with E-state index in [4.69, 9.17) is 9.47 Å². The fourth-order valence-corrected chi connectivity index (χ4v) is 1.01. The molecular weight excluding hydrogens is 440 g/mol. The number of ether oxygens (including phenoxy) is 3. The topological polar surface area (TPSA) is 120 Å². The normalized spacial score (nSPS) is 20.4. The summed E-state index contributed by atoms with van der Waals surface area (Å²) in [5.41, 5.74) is 1.24. The summed E-state index contributed by atoms with van der Waals surface area (Å²) in [5, 5.41) is 0. The van der Waals surface area contributed by atoms with Gasteiger partial charge in [-0.1, -0.05) is 26.2 Å². The van der Waals surface area contributed by atoms with Crippen LogP contribution in [0.2, 0.25) is 0 Å². The van der Waals surface area contributed by atoms with E-state index in [-0.39, 0.29) is 29.7 Å². The minimum absolute atomic E-state index is 0.0648. The van der Waals surface area contributed by atoms with Crippen molar-refractivity contribution in [3.05, 3.63) is 36.5 Å². The van der Waals surface area contributed by atoms with E-state index in [9.17, 15) is 24.0 Å². The van der Waals surface area contributed by atoms with E-state index < -0.39 is 11.9 Å². The molecule has 3 atom stereocenters. The maximum Gasteiger partial charge on any atom is 0.316 e. The highest BCUT2D eigenvalue weighted by Gasteiger charge is 2.28. The lowest BCUT2D eigenvalue weighted by atomic mass is 10.1. The second-order valence-electron chi connectivity index (χ2n) is 7.97. The van der Waals surface area contributed by atoms with Crippen molar-refractivity contribution in [3.63, 3.8) is 0 Å². The van der Waals surface area contributed by atoms with Gasteiger partial charge in [-0.05, 0) is 72.6 Å². The number of rotatable bonds is 3. The molecule has 0 aliphatic carbocycles. The van der Waals surface area contributed by atoms with Gasteiger partial charge in [0, 0.05) is 0 Å². The molecule has 0 radical (unpaired) electrons. The van der Waals surface area contributed by atoms with Crippen LogP contribution in [-0.2, 0) is 38.2 Å². The summed E-state index contributed by atoms with van der Waals surface area (Å²) in [7, 11) is 0. The lowest BCUT2D eigenvalue weighted by Gasteiger charge is -1.86. The molecule has 3 rings (SSSR count). The molecular formula is C26H42O8. The third kappa shape index (κ3) is 33.9. The molecule has 0 aromatic heterocycles. The molecule has 34 heavy (non-hydrogen) atoms. The molecule has 3 heterocycles. The molecule has 0 saturated carbocycles. The van der Waals surface area contributed by atoms with E-state index in [1.165, 1.54) is 26.8 Å². The predicted octanol–water partition coefficient (Wildman–Crippen LogP) is 4.36. The minimum atomic E-state index is -0.400. The summed E-state index contributed by atoms with van der Waals surface area (Å²) in [5.74, 6) is -0.775. The number of carbonyl (C=O) groups excluding carboxylic acids is 5. The Morgan fingerprint density at radius 1 is 0.824 bits per heavy atom. The first-order valence-corrected chi connectivity index (χ1v) is 11.0. The van der Waals surface area contributed by atoms with Gasteiger partial charge in [-0.3, -0.25) is 24.0 Å². The number of esters is 2. The number of ketones is 3. The van der Waals surface area contributed by atoms with E-state index in [1.54, 1.807) is 26.8 Å². The van der Waals surface area contributed by atoms with Gasteiger partial charge in [-0.25, -0.2) is 0 Å². The average Bonchev–Trinajstić information content (AvgIpc) is 3.63. The van der Waals surface area contributed by atoms with Crippen LogP contribution in [0.15, 0.2) is 36.5 Å². The van der Waals surface area contributed by atoms with Crippen LogP contribution in [0, 0.1) is 5.92 Å². The van der Waals surface area contributed by atoms with Crippen LogP contribution >= 0.6 is 0 Å². The predicted molar refractivity (Wildman–Crippen MR) is 132 cm³/mol. The van der Waals surface area contributed by atoms with Crippen molar-refractivity contribution in [1.29, 1.82) is 0 Å². The Labute approximate surface area is 204 Å². The molecule has 0 spiro atoms. The van der Waals surface area contributed by atoms with Crippen molar-refractivity contribution in [2.45, 2.75) is 80.9 Å². The lowest BCUT2D eigenvalue weighted by molar-refractivity contribution is -0.153. The minimum Gasteiger partial charge on any atom is -0.393 e. The van der Waals surface area contributed by atoms with E-state index >= 15 is 0 Å². The highest BCUT2D eigenvalue weighted by Crippen LogP contribution is 2.13. The molecule has 0 amide bonds. The number of allylic oxidation sites excluding steroid dienone is 4. The van der Waals surface area contributed by atoms with Crippen molar-refractivity contribution >= 4 is 29.3 Å². The Hall–Kier alpha value is -2.71. The van der Waals surface area contributed by atoms with Crippen LogP contribution in [0.1, 0.15) is 68.7 Å². The first-order chi connectivity index (χ1) is 15.5. The molecule has 3 aliphatic rings. The Balaban J connectivity index is -0.000000344. The van der Waals surface area contributed by atoms with Crippen molar-refractivity contribution in [2.24, 2.45) is 5.92 Å². The van der Waals surface area contributed by atoms with Gasteiger partial charge in [0.2, 0.25) is 0 Å². The van der Waals surface area contributed by atoms with E-state index in [0.717, 1.165) is 13.2 Å². The quantitative estimate of drug-likeness (QED) is 0.252. The van der Waals surface area contributed by atoms with Gasteiger partial charge in [0.1, 0.15) is 0 Å². The van der Waals surface area contributed by atoms with Crippen LogP contribution in [0.25, 0.3) is 0 Å². The first kappa shape index (κ1) is 35.9. The zero-order valence-electron chi connectivity index (χ0n) is 22.2. The number of cyclic esters (lactones) is 2. The highest BCUT2D eigenvalue weighted by atomic mass is 16.6. The van der Waals surface area contributed by atoms with Crippen LogP contribution in [0.4, 0.5) is 0 Å². The van der Waals surface area contributed by atoms with Crippen LogP contribution in [0.5, 0.6) is 0 Å². The molecule has 194 valence electrons. The molecule has 0 aromatic rings. The Morgan fingerprint density at radius 2 is 1.12 bits per heavy atom. The lowest BCUT2D eigenvalue weighted by Crippen LogP contribution is -2.01. The maximum atomic E-state index is 10.3. The Kier molecular flexibility index (Phi) is 22.0. The third-order valence-corrected chi connectivity index (χ3v) is 3.69. The summed E-state index contributed by atoms with van der Waals surface area (Å²) >= 11 is 0. The third-order valence-electron chi connectivity index (χ3n) is 3.69. The van der Waals surface area contributed by atoms with Gasteiger partial charge in [-0.2, -0.15) is 0 Å². The summed E-state index contributed by atoms with van der Waals surface area (Å²) in [4.78, 5) is 50.6. The number of hydrogen-bond acceptors (Lipinski definition) is 8. The molecule has 3 fully saturated rings. The Morgan fingerprint density at radius 3 is 1.15 bits per heavy atom. The van der Waals surface area contributed by atoms with E-state index in [0.29, 0.717) is 23.4 Å².